The molecule has 100 valence electrons. The Balaban J connectivity index is 1.64. The number of benzene rings is 1. The SMILES string of the molecule is Cn1c(N)nnc1NCCc1cccc2c1OCO2. The first kappa shape index (κ1) is 11.6. The number of nitrogens with zero attached hydrogens (tertiary/aromatic N) is 3. The topological polar surface area (TPSA) is 87.2 Å². The van der Waals surface area contributed by atoms with Crippen LogP contribution in [0.5, 0.6) is 11.5 Å². The van der Waals surface area contributed by atoms with Crippen LogP contribution in [0.3, 0.4) is 0 Å². The molecule has 7 heteroatoms. The van der Waals surface area contributed by atoms with E-state index >= 15 is 0 Å². The second kappa shape index (κ2) is 4.68. The van der Waals surface area contributed by atoms with Crippen molar-refractivity contribution < 1.29 is 9.47 Å². The first-order valence-corrected chi connectivity index (χ1v) is 6.02. The minimum Gasteiger partial charge on any atom is -0.454 e. The molecule has 3 rings (SSSR count). The first-order valence-electron chi connectivity index (χ1n) is 6.02. The van der Waals surface area contributed by atoms with Crippen molar-refractivity contribution in [1.29, 1.82) is 0 Å². The third-order valence-corrected chi connectivity index (χ3v) is 3.06. The zero-order valence-corrected chi connectivity index (χ0v) is 10.6. The molecule has 1 aliphatic rings. The highest BCUT2D eigenvalue weighted by atomic mass is 16.7. The largest absolute Gasteiger partial charge is 0.454 e. The van der Waals surface area contributed by atoms with Crippen LogP contribution in [-0.2, 0) is 13.5 Å². The minimum atomic E-state index is 0.291. The number of ether oxygens (including phenoxy) is 2. The summed E-state index contributed by atoms with van der Waals surface area (Å²) in [7, 11) is 1.81. The van der Waals surface area contributed by atoms with E-state index in [0.29, 0.717) is 25.2 Å². The predicted molar refractivity (Wildman–Crippen MR) is 70.2 cm³/mol. The number of nitrogen functional groups attached to an aromatic ring is 1. The monoisotopic (exact) mass is 261 g/mol. The molecule has 7 nitrogen and oxygen atoms in total. The Morgan fingerprint density at radius 3 is 3.05 bits per heavy atom. The van der Waals surface area contributed by atoms with E-state index in [0.717, 1.165) is 23.5 Å². The van der Waals surface area contributed by atoms with E-state index in [9.17, 15) is 0 Å². The molecule has 1 aliphatic heterocycles. The average Bonchev–Trinajstić information content (AvgIpc) is 3.00. The average molecular weight is 261 g/mol. The van der Waals surface area contributed by atoms with E-state index in [1.54, 1.807) is 4.57 Å². The van der Waals surface area contributed by atoms with Gasteiger partial charge in [0.05, 0.1) is 0 Å². The van der Waals surface area contributed by atoms with Crippen molar-refractivity contribution in [3.05, 3.63) is 23.8 Å². The van der Waals surface area contributed by atoms with Gasteiger partial charge in [0.25, 0.3) is 0 Å². The summed E-state index contributed by atoms with van der Waals surface area (Å²) in [6, 6.07) is 5.89. The molecular weight excluding hydrogens is 246 g/mol. The van der Waals surface area contributed by atoms with Crippen LogP contribution in [0.1, 0.15) is 5.56 Å². The fraction of sp³-hybridized carbons (Fsp3) is 0.333. The standard InChI is InChI=1S/C12H15N5O2/c1-17-11(13)15-16-12(17)14-6-5-8-3-2-4-9-10(8)19-7-18-9/h2-4H,5-7H2,1H3,(H2,13,15)(H,14,16). The van der Waals surface area contributed by atoms with Crippen molar-refractivity contribution in [1.82, 2.24) is 14.8 Å². The van der Waals surface area contributed by atoms with Crippen molar-refractivity contribution in [3.63, 3.8) is 0 Å². The number of rotatable bonds is 4. The quantitative estimate of drug-likeness (QED) is 0.845. The Morgan fingerprint density at radius 1 is 1.37 bits per heavy atom. The number of para-hydroxylation sites is 1. The van der Waals surface area contributed by atoms with Gasteiger partial charge in [-0.15, -0.1) is 10.2 Å². The molecule has 0 radical (unpaired) electrons. The van der Waals surface area contributed by atoms with Crippen molar-refractivity contribution >= 4 is 11.9 Å². The fourth-order valence-electron chi connectivity index (χ4n) is 1.99. The molecule has 0 bridgehead atoms. The van der Waals surface area contributed by atoms with E-state index in [2.05, 4.69) is 15.5 Å². The number of nitrogens with one attached hydrogen (secondary N) is 1. The Morgan fingerprint density at radius 2 is 2.26 bits per heavy atom. The number of hydrogen-bond acceptors (Lipinski definition) is 6. The Labute approximate surface area is 110 Å². The lowest BCUT2D eigenvalue weighted by atomic mass is 10.1. The summed E-state index contributed by atoms with van der Waals surface area (Å²) in [5.41, 5.74) is 6.72. The zero-order chi connectivity index (χ0) is 13.2. The second-order valence-corrected chi connectivity index (χ2v) is 4.27. The highest BCUT2D eigenvalue weighted by Crippen LogP contribution is 2.35. The summed E-state index contributed by atoms with van der Waals surface area (Å²) < 4.78 is 12.5. The second-order valence-electron chi connectivity index (χ2n) is 4.27. The Bertz CT molecular complexity index is 596. The molecule has 0 saturated carbocycles. The third kappa shape index (κ3) is 2.14. The smallest absolute Gasteiger partial charge is 0.231 e. The number of nitrogens with two attached hydrogens (primary N) is 1. The van der Waals surface area contributed by atoms with Gasteiger partial charge in [-0.05, 0) is 18.1 Å². The highest BCUT2D eigenvalue weighted by Gasteiger charge is 2.16. The van der Waals surface area contributed by atoms with Gasteiger partial charge in [-0.3, -0.25) is 4.57 Å². The number of fused-ring (bicyclic) bond motifs is 1. The number of anilines is 2. The molecule has 3 N–H and O–H groups in total. The van der Waals surface area contributed by atoms with Crippen LogP contribution in [0.15, 0.2) is 18.2 Å². The van der Waals surface area contributed by atoms with E-state index in [1.807, 2.05) is 25.2 Å². The number of aromatic nitrogens is 3. The fourth-order valence-corrected chi connectivity index (χ4v) is 1.99. The molecule has 0 spiro atoms. The maximum absolute atomic E-state index is 5.61. The van der Waals surface area contributed by atoms with Crippen LogP contribution in [-0.4, -0.2) is 28.1 Å². The molecule has 19 heavy (non-hydrogen) atoms. The van der Waals surface area contributed by atoms with Crippen molar-refractivity contribution in [2.75, 3.05) is 24.4 Å². The van der Waals surface area contributed by atoms with Gasteiger partial charge in [-0.25, -0.2) is 0 Å². The lowest BCUT2D eigenvalue weighted by molar-refractivity contribution is 0.173. The van der Waals surface area contributed by atoms with Gasteiger partial charge < -0.3 is 20.5 Å². The van der Waals surface area contributed by atoms with Crippen LogP contribution in [0.2, 0.25) is 0 Å². The van der Waals surface area contributed by atoms with Gasteiger partial charge in [0.2, 0.25) is 18.7 Å². The third-order valence-electron chi connectivity index (χ3n) is 3.06. The summed E-state index contributed by atoms with van der Waals surface area (Å²) >= 11 is 0. The lowest BCUT2D eigenvalue weighted by Crippen LogP contribution is -2.10. The van der Waals surface area contributed by atoms with E-state index in [-0.39, 0.29) is 0 Å². The van der Waals surface area contributed by atoms with Gasteiger partial charge in [0.1, 0.15) is 0 Å². The Kier molecular flexibility index (Phi) is 2.86. The predicted octanol–water partition coefficient (Wildman–Crippen LogP) is 0.781. The summed E-state index contributed by atoms with van der Waals surface area (Å²) in [6.07, 6.45) is 0.805. The van der Waals surface area contributed by atoms with Gasteiger partial charge in [-0.1, -0.05) is 12.1 Å². The van der Waals surface area contributed by atoms with Crippen LogP contribution in [0, 0.1) is 0 Å². The van der Waals surface area contributed by atoms with Gasteiger partial charge in [-0.2, -0.15) is 0 Å². The van der Waals surface area contributed by atoms with Crippen molar-refractivity contribution in [2.45, 2.75) is 6.42 Å². The maximum atomic E-state index is 5.61. The molecule has 0 unspecified atom stereocenters. The molecule has 0 amide bonds. The van der Waals surface area contributed by atoms with Gasteiger partial charge in [0, 0.05) is 13.6 Å². The normalized spacial score (nSPS) is 12.7. The number of hydrogen-bond donors (Lipinski definition) is 2. The van der Waals surface area contributed by atoms with Crippen molar-refractivity contribution in [2.24, 2.45) is 7.05 Å². The maximum Gasteiger partial charge on any atom is 0.231 e. The van der Waals surface area contributed by atoms with Gasteiger partial charge >= 0.3 is 0 Å². The van der Waals surface area contributed by atoms with Crippen LogP contribution < -0.4 is 20.5 Å². The summed E-state index contributed by atoms with van der Waals surface area (Å²) in [5.74, 6) is 2.68. The van der Waals surface area contributed by atoms with Crippen molar-refractivity contribution in [3.8, 4) is 11.5 Å². The Hall–Kier alpha value is -2.44. The first-order chi connectivity index (χ1) is 9.25. The zero-order valence-electron chi connectivity index (χ0n) is 10.6. The van der Waals surface area contributed by atoms with Crippen LogP contribution in [0.25, 0.3) is 0 Å². The molecular formula is C12H15N5O2. The highest BCUT2D eigenvalue weighted by molar-refractivity contribution is 5.48. The van der Waals surface area contributed by atoms with Gasteiger partial charge in [0.15, 0.2) is 11.5 Å². The molecule has 2 heterocycles. The minimum absolute atomic E-state index is 0.291. The molecule has 0 fully saturated rings. The van der Waals surface area contributed by atoms with E-state index < -0.39 is 0 Å². The summed E-state index contributed by atoms with van der Waals surface area (Å²) in [6.45, 7) is 1.01. The summed E-state index contributed by atoms with van der Waals surface area (Å²) in [4.78, 5) is 0. The molecule has 2 aromatic rings. The molecule has 1 aromatic heterocycles. The molecule has 0 saturated heterocycles. The molecule has 0 aliphatic carbocycles. The molecule has 1 aromatic carbocycles. The lowest BCUT2D eigenvalue weighted by Gasteiger charge is -2.07. The van der Waals surface area contributed by atoms with Crippen LogP contribution >= 0.6 is 0 Å². The van der Waals surface area contributed by atoms with Crippen LogP contribution in [0.4, 0.5) is 11.9 Å². The molecule has 0 atom stereocenters. The van der Waals surface area contributed by atoms with E-state index in [4.69, 9.17) is 15.2 Å². The summed E-state index contributed by atoms with van der Waals surface area (Å²) in [5, 5.41) is 10.9. The van der Waals surface area contributed by atoms with E-state index in [1.165, 1.54) is 0 Å².